The molecule has 0 atom stereocenters. The second-order valence-corrected chi connectivity index (χ2v) is 5.45. The van der Waals surface area contributed by atoms with Gasteiger partial charge < -0.3 is 10.8 Å². The van der Waals surface area contributed by atoms with Crippen molar-refractivity contribution in [3.05, 3.63) is 82.6 Å². The third-order valence-electron chi connectivity index (χ3n) is 3.06. The van der Waals surface area contributed by atoms with Gasteiger partial charge in [0.25, 0.3) is 0 Å². The Morgan fingerprint density at radius 1 is 0.680 bits per heavy atom. The molecular weight excluding hydrogens is 364 g/mol. The number of rotatable bonds is 6. The van der Waals surface area contributed by atoms with E-state index in [4.69, 9.17) is 10.8 Å². The standard InChI is InChI=1S/2C10H10NO.Cu/c2*1-8(11)7-10(12)9-5-3-2-4-6-9;/h2*2-6H,7H2,1H3;/q2*-1;+2/p+2. The van der Waals surface area contributed by atoms with Gasteiger partial charge in [0.1, 0.15) is 0 Å². The van der Waals surface area contributed by atoms with Crippen LogP contribution in [0.15, 0.2) is 60.7 Å². The van der Waals surface area contributed by atoms with Crippen LogP contribution in [0, 0.1) is 0 Å². The molecule has 2 aromatic carbocycles. The van der Waals surface area contributed by atoms with E-state index in [1.54, 1.807) is 38.1 Å². The van der Waals surface area contributed by atoms with Crippen LogP contribution in [0.3, 0.4) is 0 Å². The van der Waals surface area contributed by atoms with Crippen LogP contribution in [0.1, 0.15) is 37.8 Å². The summed E-state index contributed by atoms with van der Waals surface area (Å²) in [6.45, 7) is 3.14. The molecule has 1 radical (unpaired) electrons. The van der Waals surface area contributed by atoms with E-state index in [0.29, 0.717) is 0 Å². The van der Waals surface area contributed by atoms with Crippen LogP contribution in [0.5, 0.6) is 0 Å². The molecule has 0 spiro atoms. The third kappa shape index (κ3) is 9.50. The van der Waals surface area contributed by atoms with Crippen LogP contribution >= 0.6 is 0 Å². The number of nitrogens with zero attached hydrogens (tertiary/aromatic N) is 2. The summed E-state index contributed by atoms with van der Waals surface area (Å²) in [7, 11) is 0. The van der Waals surface area contributed by atoms with Crippen molar-refractivity contribution in [3.63, 3.8) is 0 Å². The predicted octanol–water partition coefficient (Wildman–Crippen LogP) is 4.00. The van der Waals surface area contributed by atoms with Crippen LogP contribution in [0.4, 0.5) is 0 Å². The first-order valence-electron chi connectivity index (χ1n) is 7.63. The van der Waals surface area contributed by atoms with E-state index in [2.05, 4.69) is 0 Å². The van der Waals surface area contributed by atoms with Gasteiger partial charge in [-0.05, 0) is 24.3 Å². The van der Waals surface area contributed by atoms with Crippen molar-refractivity contribution in [2.24, 2.45) is 0 Å². The summed E-state index contributed by atoms with van der Waals surface area (Å²) < 4.78 is 0. The zero-order valence-electron chi connectivity index (χ0n) is 14.3. The Morgan fingerprint density at radius 2 is 0.960 bits per heavy atom. The molecule has 2 N–H and O–H groups in total. The first-order valence-corrected chi connectivity index (χ1v) is 7.63. The first-order chi connectivity index (χ1) is 11.4. The summed E-state index contributed by atoms with van der Waals surface area (Å²) in [5.41, 5.74) is 1.95. The molecule has 0 aliphatic rings. The van der Waals surface area contributed by atoms with Gasteiger partial charge in [-0.2, -0.15) is 11.4 Å². The number of ketones is 2. The molecular formula is C20H22CuN2O2+2. The van der Waals surface area contributed by atoms with E-state index in [9.17, 15) is 9.59 Å². The molecule has 133 valence electrons. The van der Waals surface area contributed by atoms with Crippen LogP contribution in [0.2, 0.25) is 0 Å². The molecule has 2 aromatic rings. The molecule has 0 amide bonds. The van der Waals surface area contributed by atoms with Crippen molar-refractivity contribution in [2.75, 3.05) is 0 Å². The molecule has 0 aromatic heterocycles. The maximum absolute atomic E-state index is 9.43. The van der Waals surface area contributed by atoms with Gasteiger partial charge in [0.2, 0.25) is 0 Å². The molecule has 4 nitrogen and oxygen atoms in total. The van der Waals surface area contributed by atoms with Gasteiger partial charge in [-0.3, -0.25) is 9.59 Å². The second-order valence-electron chi connectivity index (χ2n) is 5.45. The van der Waals surface area contributed by atoms with Gasteiger partial charge in [0.15, 0.2) is 0 Å². The minimum Gasteiger partial charge on any atom is -0.811 e. The SMILES string of the molecule is CC(=[N-])CC(=[OH+])c1ccccc1.CC(=[N-])CC(=[OH+])c1ccccc1.[Cu+2]. The van der Waals surface area contributed by atoms with Gasteiger partial charge in [0, 0.05) is 0 Å². The fraction of sp³-hybridized carbons (Fsp3) is 0.200. The van der Waals surface area contributed by atoms with Crippen molar-refractivity contribution in [1.29, 1.82) is 0 Å². The van der Waals surface area contributed by atoms with Crippen LogP contribution < -0.4 is 0 Å². The van der Waals surface area contributed by atoms with E-state index in [1.165, 1.54) is 0 Å². The Morgan fingerprint density at radius 3 is 1.20 bits per heavy atom. The van der Waals surface area contributed by atoms with Gasteiger partial charge in [0.05, 0.1) is 24.0 Å². The Hall–Kier alpha value is -2.36. The fourth-order valence-electron chi connectivity index (χ4n) is 1.95. The maximum atomic E-state index is 9.43. The van der Waals surface area contributed by atoms with E-state index < -0.39 is 0 Å². The quantitative estimate of drug-likeness (QED) is 0.311. The van der Waals surface area contributed by atoms with Crippen molar-refractivity contribution in [3.8, 4) is 0 Å². The minimum absolute atomic E-state index is 0. The Bertz CT molecular complexity index is 649. The molecule has 0 bridgehead atoms. The second kappa shape index (κ2) is 12.1. The molecule has 2 rings (SSSR count). The van der Waals surface area contributed by atoms with E-state index >= 15 is 0 Å². The summed E-state index contributed by atoms with van der Waals surface area (Å²) in [4.78, 5) is 18.9. The molecule has 0 aliphatic carbocycles. The summed E-state index contributed by atoms with van der Waals surface area (Å²) in [6, 6.07) is 18.4. The van der Waals surface area contributed by atoms with Gasteiger partial charge in [-0.15, -0.1) is 0 Å². The number of benzene rings is 2. The molecule has 0 saturated carbocycles. The predicted molar refractivity (Wildman–Crippen MR) is 102 cm³/mol. The van der Waals surface area contributed by atoms with Gasteiger partial charge in [-0.1, -0.05) is 50.2 Å². The molecule has 0 saturated heterocycles. The first kappa shape index (κ1) is 22.6. The summed E-state index contributed by atoms with van der Waals surface area (Å²) in [6.07, 6.45) is 0.452. The van der Waals surface area contributed by atoms with Crippen molar-refractivity contribution in [2.45, 2.75) is 26.7 Å². The third-order valence-corrected chi connectivity index (χ3v) is 3.06. The zero-order chi connectivity index (χ0) is 17.9. The van der Waals surface area contributed by atoms with Crippen LogP contribution in [-0.2, 0) is 17.1 Å². The number of hydrogen-bond acceptors (Lipinski definition) is 0. The van der Waals surface area contributed by atoms with Crippen molar-refractivity contribution in [1.82, 2.24) is 0 Å². The molecule has 25 heavy (non-hydrogen) atoms. The topological polar surface area (TPSA) is 87.4 Å². The minimum atomic E-state index is 0. The maximum Gasteiger partial charge on any atom is 2.00 e. The average Bonchev–Trinajstić information content (AvgIpc) is 2.56. The smallest absolute Gasteiger partial charge is 0.811 e. The van der Waals surface area contributed by atoms with E-state index in [0.717, 1.165) is 11.1 Å². The number of carbonyl (C=O) groups excluding carboxylic acids is 2. The summed E-state index contributed by atoms with van der Waals surface area (Å²) in [5.74, 6) is 0.409. The Labute approximate surface area is 159 Å². The molecule has 0 fully saturated rings. The van der Waals surface area contributed by atoms with E-state index in [1.807, 2.05) is 36.4 Å². The monoisotopic (exact) mass is 385 g/mol. The van der Waals surface area contributed by atoms with Crippen LogP contribution in [0.25, 0.3) is 10.8 Å². The molecule has 5 heteroatoms. The molecule has 0 aliphatic heterocycles. The molecule has 0 heterocycles. The fourth-order valence-corrected chi connectivity index (χ4v) is 1.95. The van der Waals surface area contributed by atoms with Crippen molar-refractivity contribution >= 4 is 23.0 Å². The van der Waals surface area contributed by atoms with E-state index in [-0.39, 0.29) is 52.9 Å². The van der Waals surface area contributed by atoms with Crippen LogP contribution in [-0.4, -0.2) is 32.6 Å². The normalized spacial score (nSPS) is 9.04. The largest absolute Gasteiger partial charge is 2.00 e. The van der Waals surface area contributed by atoms with Gasteiger partial charge in [-0.25, -0.2) is 0 Å². The zero-order valence-corrected chi connectivity index (χ0v) is 15.2. The Kier molecular flexibility index (Phi) is 10.9. The number of hydrogen-bond donors (Lipinski definition) is 0. The Balaban J connectivity index is 0.000000443. The summed E-state index contributed by atoms with van der Waals surface area (Å²) >= 11 is 0. The van der Waals surface area contributed by atoms with Gasteiger partial charge >= 0.3 is 28.6 Å². The van der Waals surface area contributed by atoms with Crippen molar-refractivity contribution < 1.29 is 26.7 Å². The summed E-state index contributed by atoms with van der Waals surface area (Å²) in [5, 5.41) is 17.8. The molecule has 0 unspecified atom stereocenters. The average molecular weight is 386 g/mol.